The zero-order chi connectivity index (χ0) is 16.2. The van der Waals surface area contributed by atoms with E-state index in [1.165, 1.54) is 5.56 Å². The molecule has 0 fully saturated rings. The van der Waals surface area contributed by atoms with Crippen molar-refractivity contribution < 1.29 is 4.79 Å². The standard InChI is InChI=1S/C19H17ClN2O/c1-13-7-9-15(10-8-13)18(14-5-3-2-4-6-14)22-19(23)17-11-16(20)12-21-17/h2-12,18,21H,1H3,(H,22,23). The average molecular weight is 325 g/mol. The maximum Gasteiger partial charge on any atom is 0.268 e. The molecule has 0 bridgehead atoms. The molecule has 116 valence electrons. The molecule has 4 heteroatoms. The van der Waals surface area contributed by atoms with Crippen molar-refractivity contribution in [2.75, 3.05) is 0 Å². The molecule has 0 spiro atoms. The number of rotatable bonds is 4. The number of halogens is 1. The number of aryl methyl sites for hydroxylation is 1. The summed E-state index contributed by atoms with van der Waals surface area (Å²) in [5.74, 6) is -0.189. The van der Waals surface area contributed by atoms with E-state index in [1.54, 1.807) is 12.3 Å². The first kappa shape index (κ1) is 15.4. The van der Waals surface area contributed by atoms with Gasteiger partial charge in [-0.25, -0.2) is 0 Å². The normalized spacial score (nSPS) is 11.9. The van der Waals surface area contributed by atoms with Crippen LogP contribution in [0.15, 0.2) is 66.9 Å². The molecule has 3 rings (SSSR count). The Morgan fingerprint density at radius 2 is 1.70 bits per heavy atom. The van der Waals surface area contributed by atoms with Crippen LogP contribution in [0.25, 0.3) is 0 Å². The smallest absolute Gasteiger partial charge is 0.268 e. The molecular formula is C19H17ClN2O. The van der Waals surface area contributed by atoms with E-state index >= 15 is 0 Å². The second-order valence-corrected chi connectivity index (χ2v) is 5.90. The lowest BCUT2D eigenvalue weighted by molar-refractivity contribution is 0.0938. The molecule has 0 saturated carbocycles. The summed E-state index contributed by atoms with van der Waals surface area (Å²) < 4.78 is 0. The molecule has 0 radical (unpaired) electrons. The van der Waals surface area contributed by atoms with E-state index < -0.39 is 0 Å². The average Bonchev–Trinajstić information content (AvgIpc) is 3.01. The van der Waals surface area contributed by atoms with Crippen LogP contribution in [0, 0.1) is 6.92 Å². The molecule has 0 aliphatic carbocycles. The molecule has 1 amide bonds. The zero-order valence-corrected chi connectivity index (χ0v) is 13.5. The van der Waals surface area contributed by atoms with Crippen molar-refractivity contribution in [2.45, 2.75) is 13.0 Å². The third kappa shape index (κ3) is 3.63. The molecule has 1 aromatic heterocycles. The Kier molecular flexibility index (Phi) is 4.49. The van der Waals surface area contributed by atoms with Gasteiger partial charge in [-0.1, -0.05) is 71.8 Å². The third-order valence-electron chi connectivity index (χ3n) is 3.71. The lowest BCUT2D eigenvalue weighted by atomic mass is 9.97. The minimum atomic E-state index is -0.216. The maximum atomic E-state index is 12.5. The molecular weight excluding hydrogens is 308 g/mol. The van der Waals surface area contributed by atoms with Crippen molar-refractivity contribution in [1.29, 1.82) is 0 Å². The Morgan fingerprint density at radius 1 is 1.04 bits per heavy atom. The van der Waals surface area contributed by atoms with E-state index in [0.29, 0.717) is 10.7 Å². The molecule has 1 atom stereocenters. The van der Waals surface area contributed by atoms with Crippen LogP contribution in [0.4, 0.5) is 0 Å². The van der Waals surface area contributed by atoms with Gasteiger partial charge in [0.15, 0.2) is 0 Å². The molecule has 0 saturated heterocycles. The lowest BCUT2D eigenvalue weighted by Gasteiger charge is -2.19. The van der Waals surface area contributed by atoms with Gasteiger partial charge in [-0.15, -0.1) is 0 Å². The summed E-state index contributed by atoms with van der Waals surface area (Å²) in [5, 5.41) is 3.59. The summed E-state index contributed by atoms with van der Waals surface area (Å²) >= 11 is 5.88. The van der Waals surface area contributed by atoms with Crippen LogP contribution >= 0.6 is 11.6 Å². The van der Waals surface area contributed by atoms with E-state index in [0.717, 1.165) is 11.1 Å². The monoisotopic (exact) mass is 324 g/mol. The minimum absolute atomic E-state index is 0.189. The van der Waals surface area contributed by atoms with Crippen LogP contribution in [-0.4, -0.2) is 10.9 Å². The molecule has 3 aromatic rings. The highest BCUT2D eigenvalue weighted by atomic mass is 35.5. The fraction of sp³-hybridized carbons (Fsp3) is 0.105. The van der Waals surface area contributed by atoms with Crippen molar-refractivity contribution in [3.8, 4) is 0 Å². The van der Waals surface area contributed by atoms with E-state index in [4.69, 9.17) is 11.6 Å². The highest BCUT2D eigenvalue weighted by Crippen LogP contribution is 2.23. The predicted octanol–water partition coefficient (Wildman–Crippen LogP) is 4.50. The van der Waals surface area contributed by atoms with Crippen LogP contribution in [0.1, 0.15) is 33.2 Å². The number of hydrogen-bond acceptors (Lipinski definition) is 1. The number of aromatic amines is 1. The van der Waals surface area contributed by atoms with Crippen molar-refractivity contribution in [1.82, 2.24) is 10.3 Å². The highest BCUT2D eigenvalue weighted by Gasteiger charge is 2.18. The van der Waals surface area contributed by atoms with Gasteiger partial charge in [0.05, 0.1) is 11.1 Å². The Balaban J connectivity index is 1.92. The van der Waals surface area contributed by atoms with Crippen molar-refractivity contribution >= 4 is 17.5 Å². The largest absolute Gasteiger partial charge is 0.356 e. The lowest BCUT2D eigenvalue weighted by Crippen LogP contribution is -2.29. The highest BCUT2D eigenvalue weighted by molar-refractivity contribution is 6.30. The number of carbonyl (C=O) groups excluding carboxylic acids is 1. The Labute approximate surface area is 140 Å². The molecule has 1 unspecified atom stereocenters. The number of amides is 1. The van der Waals surface area contributed by atoms with Gasteiger partial charge in [0.1, 0.15) is 5.69 Å². The number of aromatic nitrogens is 1. The van der Waals surface area contributed by atoms with Gasteiger partial charge in [0.25, 0.3) is 5.91 Å². The molecule has 0 aliphatic heterocycles. The first-order valence-corrected chi connectivity index (χ1v) is 7.77. The summed E-state index contributed by atoms with van der Waals surface area (Å²) in [4.78, 5) is 15.4. The van der Waals surface area contributed by atoms with Gasteiger partial charge in [0.2, 0.25) is 0 Å². The molecule has 0 aliphatic rings. The van der Waals surface area contributed by atoms with Gasteiger partial charge in [0, 0.05) is 6.20 Å². The number of hydrogen-bond donors (Lipinski definition) is 2. The van der Waals surface area contributed by atoms with Gasteiger partial charge in [-0.05, 0) is 24.1 Å². The summed E-state index contributed by atoms with van der Waals surface area (Å²) in [6.45, 7) is 2.04. The summed E-state index contributed by atoms with van der Waals surface area (Å²) in [6, 6.07) is 19.5. The molecule has 3 nitrogen and oxygen atoms in total. The van der Waals surface area contributed by atoms with Gasteiger partial charge in [-0.3, -0.25) is 4.79 Å². The van der Waals surface area contributed by atoms with Gasteiger partial charge < -0.3 is 10.3 Å². The van der Waals surface area contributed by atoms with E-state index in [2.05, 4.69) is 10.3 Å². The van der Waals surface area contributed by atoms with Crippen molar-refractivity contribution in [3.63, 3.8) is 0 Å². The molecule has 1 heterocycles. The second kappa shape index (κ2) is 6.71. The van der Waals surface area contributed by atoms with E-state index in [-0.39, 0.29) is 11.9 Å². The van der Waals surface area contributed by atoms with E-state index in [1.807, 2.05) is 61.5 Å². The van der Waals surface area contributed by atoms with Crippen molar-refractivity contribution in [2.24, 2.45) is 0 Å². The first-order chi connectivity index (χ1) is 11.1. The third-order valence-corrected chi connectivity index (χ3v) is 3.93. The summed E-state index contributed by atoms with van der Waals surface area (Å²) in [6.07, 6.45) is 1.60. The fourth-order valence-corrected chi connectivity index (χ4v) is 2.64. The van der Waals surface area contributed by atoms with Crippen LogP contribution in [0.2, 0.25) is 5.02 Å². The topological polar surface area (TPSA) is 44.9 Å². The van der Waals surface area contributed by atoms with Crippen molar-refractivity contribution in [3.05, 3.63) is 94.3 Å². The van der Waals surface area contributed by atoms with E-state index in [9.17, 15) is 4.79 Å². The van der Waals surface area contributed by atoms with Gasteiger partial charge >= 0.3 is 0 Å². The molecule has 23 heavy (non-hydrogen) atoms. The van der Waals surface area contributed by atoms with Crippen LogP contribution in [-0.2, 0) is 0 Å². The number of H-pyrrole nitrogens is 1. The first-order valence-electron chi connectivity index (χ1n) is 7.40. The van der Waals surface area contributed by atoms with Crippen LogP contribution in [0.5, 0.6) is 0 Å². The van der Waals surface area contributed by atoms with Crippen LogP contribution < -0.4 is 5.32 Å². The fourth-order valence-electron chi connectivity index (χ4n) is 2.47. The van der Waals surface area contributed by atoms with Gasteiger partial charge in [-0.2, -0.15) is 0 Å². The Bertz CT molecular complexity index is 794. The summed E-state index contributed by atoms with van der Waals surface area (Å²) in [7, 11) is 0. The number of benzene rings is 2. The number of carbonyl (C=O) groups is 1. The summed E-state index contributed by atoms with van der Waals surface area (Å²) in [5.41, 5.74) is 3.70. The SMILES string of the molecule is Cc1ccc(C(NC(=O)c2cc(Cl)c[nH]2)c2ccccc2)cc1. The minimum Gasteiger partial charge on any atom is -0.356 e. The predicted molar refractivity (Wildman–Crippen MR) is 92.7 cm³/mol. The number of nitrogens with one attached hydrogen (secondary N) is 2. The molecule has 2 N–H and O–H groups in total. The maximum absolute atomic E-state index is 12.5. The zero-order valence-electron chi connectivity index (χ0n) is 12.7. The Morgan fingerprint density at radius 3 is 2.30 bits per heavy atom. The van der Waals surface area contributed by atoms with Crippen LogP contribution in [0.3, 0.4) is 0 Å². The second-order valence-electron chi connectivity index (χ2n) is 5.46. The Hall–Kier alpha value is -2.52. The molecule has 2 aromatic carbocycles. The quantitative estimate of drug-likeness (QED) is 0.729.